The predicted molar refractivity (Wildman–Crippen MR) is 136 cm³/mol. The van der Waals surface area contributed by atoms with Gasteiger partial charge in [0.15, 0.2) is 0 Å². The van der Waals surface area contributed by atoms with Crippen molar-refractivity contribution in [3.63, 3.8) is 0 Å². The Morgan fingerprint density at radius 3 is 2.37 bits per heavy atom. The van der Waals surface area contributed by atoms with E-state index in [0.717, 1.165) is 11.1 Å². The van der Waals surface area contributed by atoms with Crippen molar-refractivity contribution in [2.45, 2.75) is 19.4 Å². The molecular weight excluding hydrogens is 486 g/mol. The van der Waals surface area contributed by atoms with Gasteiger partial charge in [0.05, 0.1) is 18.0 Å². The van der Waals surface area contributed by atoms with Crippen LogP contribution in [0.2, 0.25) is 0 Å². The molecule has 0 saturated carbocycles. The maximum Gasteiger partial charge on any atom is 0.407 e. The molecule has 35 heavy (non-hydrogen) atoms. The summed E-state index contributed by atoms with van der Waals surface area (Å²) in [6.45, 7) is 2.48. The second-order valence-electron chi connectivity index (χ2n) is 7.90. The lowest BCUT2D eigenvalue weighted by atomic mass is 9.98. The summed E-state index contributed by atoms with van der Waals surface area (Å²) in [7, 11) is 0. The van der Waals surface area contributed by atoms with Gasteiger partial charge in [0.25, 0.3) is 5.91 Å². The molecule has 8 nitrogen and oxygen atoms in total. The quantitative estimate of drug-likeness (QED) is 0.352. The van der Waals surface area contributed by atoms with Crippen LogP contribution in [-0.4, -0.2) is 52.7 Å². The van der Waals surface area contributed by atoms with Gasteiger partial charge in [-0.25, -0.2) is 9.78 Å². The number of thiazole rings is 1. The van der Waals surface area contributed by atoms with Crippen molar-refractivity contribution >= 4 is 41.1 Å². The molecule has 3 aromatic rings. The van der Waals surface area contributed by atoms with Crippen LogP contribution in [0.1, 0.15) is 37.4 Å². The largest absolute Gasteiger partial charge is 0.481 e. The van der Waals surface area contributed by atoms with E-state index in [0.29, 0.717) is 27.9 Å². The van der Waals surface area contributed by atoms with Crippen LogP contribution in [0.4, 0.5) is 4.79 Å². The van der Waals surface area contributed by atoms with Gasteiger partial charge in [-0.05, 0) is 29.2 Å². The van der Waals surface area contributed by atoms with Gasteiger partial charge in [-0.2, -0.15) is 0 Å². The number of alkyl carbamates (subject to hydrolysis) is 1. The Labute approximate surface area is 211 Å². The number of carbonyl (C=O) groups is 3. The zero-order chi connectivity index (χ0) is 24.8. The van der Waals surface area contributed by atoms with E-state index < -0.39 is 12.1 Å². The van der Waals surface area contributed by atoms with Crippen LogP contribution >= 0.6 is 23.1 Å². The minimum atomic E-state index is -0.881. The molecule has 1 aliphatic carbocycles. The number of benzene rings is 2. The van der Waals surface area contributed by atoms with Crippen molar-refractivity contribution in [3.8, 4) is 11.1 Å². The van der Waals surface area contributed by atoms with Gasteiger partial charge in [-0.1, -0.05) is 48.5 Å². The van der Waals surface area contributed by atoms with E-state index >= 15 is 0 Å². The zero-order valence-corrected chi connectivity index (χ0v) is 20.7. The number of hydrogen-bond acceptors (Lipinski definition) is 7. The molecule has 1 heterocycles. The molecule has 0 bridgehead atoms. The fraction of sp³-hybridized carbons (Fsp3) is 0.280. The Morgan fingerprint density at radius 1 is 1.06 bits per heavy atom. The van der Waals surface area contributed by atoms with Gasteiger partial charge in [-0.3, -0.25) is 9.59 Å². The third kappa shape index (κ3) is 6.01. The lowest BCUT2D eigenvalue weighted by Crippen LogP contribution is -2.26. The smallest absolute Gasteiger partial charge is 0.407 e. The Hall–Kier alpha value is -3.37. The molecule has 10 heteroatoms. The standard InChI is InChI=1S/C25H25N3O5S2/c1-15-23(24(31)26-10-11-34-14-22(29)30)35-21(28-15)12-27-25(32)33-13-20-18-8-4-2-6-16(18)17-7-3-5-9-19(17)20/h2-9,20H,10-14H2,1H3,(H,26,31)(H,27,32)(H,29,30). The number of nitrogens with zero attached hydrogens (tertiary/aromatic N) is 1. The molecule has 0 spiro atoms. The number of carbonyl (C=O) groups excluding carboxylic acids is 2. The van der Waals surface area contributed by atoms with Crippen molar-refractivity contribution in [1.29, 1.82) is 0 Å². The highest BCUT2D eigenvalue weighted by Crippen LogP contribution is 2.44. The summed E-state index contributed by atoms with van der Waals surface area (Å²) in [6, 6.07) is 16.3. The van der Waals surface area contributed by atoms with E-state index in [1.807, 2.05) is 24.3 Å². The Bertz CT molecular complexity index is 1200. The number of carboxylic acids is 1. The van der Waals surface area contributed by atoms with E-state index in [1.165, 1.54) is 34.2 Å². The number of carboxylic acid groups (broad SMARTS) is 1. The van der Waals surface area contributed by atoms with E-state index in [2.05, 4.69) is 39.9 Å². The number of amides is 2. The first-order valence-electron chi connectivity index (χ1n) is 11.1. The molecule has 182 valence electrons. The van der Waals surface area contributed by atoms with Crippen LogP contribution < -0.4 is 10.6 Å². The number of aromatic nitrogens is 1. The minimum Gasteiger partial charge on any atom is -0.481 e. The number of rotatable bonds is 10. The van der Waals surface area contributed by atoms with Crippen molar-refractivity contribution in [1.82, 2.24) is 15.6 Å². The first-order chi connectivity index (χ1) is 16.9. The summed E-state index contributed by atoms with van der Waals surface area (Å²) >= 11 is 2.45. The van der Waals surface area contributed by atoms with Crippen LogP contribution in [0.5, 0.6) is 0 Å². The van der Waals surface area contributed by atoms with Gasteiger partial charge < -0.3 is 20.5 Å². The number of nitrogens with one attached hydrogen (secondary N) is 2. The summed E-state index contributed by atoms with van der Waals surface area (Å²) in [5, 5.41) is 14.7. The van der Waals surface area contributed by atoms with Crippen LogP contribution in [0.25, 0.3) is 11.1 Å². The van der Waals surface area contributed by atoms with Gasteiger partial charge >= 0.3 is 12.1 Å². The molecule has 2 aromatic carbocycles. The number of hydrogen-bond donors (Lipinski definition) is 3. The number of fused-ring (bicyclic) bond motifs is 3. The Morgan fingerprint density at radius 2 is 1.71 bits per heavy atom. The van der Waals surface area contributed by atoms with Gasteiger partial charge in [-0.15, -0.1) is 23.1 Å². The molecule has 0 radical (unpaired) electrons. The SMILES string of the molecule is Cc1nc(CNC(=O)OCC2c3ccccc3-c3ccccc32)sc1C(=O)NCCSCC(=O)O. The number of aliphatic carboxylic acids is 1. The molecule has 0 aliphatic heterocycles. The first kappa shape index (κ1) is 24.7. The first-order valence-corrected chi connectivity index (χ1v) is 13.0. The highest BCUT2D eigenvalue weighted by Gasteiger charge is 2.29. The maximum atomic E-state index is 12.4. The zero-order valence-electron chi connectivity index (χ0n) is 19.1. The van der Waals surface area contributed by atoms with E-state index in [-0.39, 0.29) is 30.7 Å². The summed E-state index contributed by atoms with van der Waals surface area (Å²) in [4.78, 5) is 40.2. The molecule has 0 unspecified atom stereocenters. The lowest BCUT2D eigenvalue weighted by molar-refractivity contribution is -0.133. The molecule has 2 amide bonds. The Kier molecular flexibility index (Phi) is 8.04. The van der Waals surface area contributed by atoms with Crippen LogP contribution in [-0.2, 0) is 16.1 Å². The predicted octanol–water partition coefficient (Wildman–Crippen LogP) is 4.04. The van der Waals surface area contributed by atoms with Gasteiger partial charge in [0.1, 0.15) is 16.5 Å². The Balaban J connectivity index is 1.27. The van der Waals surface area contributed by atoms with E-state index in [9.17, 15) is 14.4 Å². The van der Waals surface area contributed by atoms with E-state index in [1.54, 1.807) is 6.92 Å². The topological polar surface area (TPSA) is 118 Å². The molecule has 1 aliphatic rings. The average molecular weight is 512 g/mol. The molecule has 1 aromatic heterocycles. The van der Waals surface area contributed by atoms with Crippen molar-refractivity contribution in [2.24, 2.45) is 0 Å². The van der Waals surface area contributed by atoms with Gasteiger partial charge in [0.2, 0.25) is 0 Å². The average Bonchev–Trinajstić information content (AvgIpc) is 3.38. The lowest BCUT2D eigenvalue weighted by Gasteiger charge is -2.14. The minimum absolute atomic E-state index is 0.00113. The molecule has 3 N–H and O–H groups in total. The van der Waals surface area contributed by atoms with Crippen LogP contribution in [0, 0.1) is 6.92 Å². The third-order valence-electron chi connectivity index (χ3n) is 5.53. The molecular formula is C25H25N3O5S2. The highest BCUT2D eigenvalue weighted by atomic mass is 32.2. The van der Waals surface area contributed by atoms with E-state index in [4.69, 9.17) is 9.84 Å². The number of thioether (sulfide) groups is 1. The molecule has 0 fully saturated rings. The number of ether oxygens (including phenoxy) is 1. The number of aryl methyl sites for hydroxylation is 1. The molecule has 0 atom stereocenters. The summed E-state index contributed by atoms with van der Waals surface area (Å²) in [6.07, 6.45) is -0.541. The molecule has 0 saturated heterocycles. The maximum absolute atomic E-state index is 12.4. The van der Waals surface area contributed by atoms with Crippen molar-refractivity contribution in [2.75, 3.05) is 24.7 Å². The summed E-state index contributed by atoms with van der Waals surface area (Å²) in [5.74, 6) is -0.650. The van der Waals surface area contributed by atoms with Crippen LogP contribution in [0.3, 0.4) is 0 Å². The summed E-state index contributed by atoms with van der Waals surface area (Å²) in [5.41, 5.74) is 5.21. The fourth-order valence-electron chi connectivity index (χ4n) is 4.01. The monoisotopic (exact) mass is 511 g/mol. The normalized spacial score (nSPS) is 12.0. The van der Waals surface area contributed by atoms with Crippen molar-refractivity contribution < 1.29 is 24.2 Å². The highest BCUT2D eigenvalue weighted by molar-refractivity contribution is 7.99. The third-order valence-corrected chi connectivity index (χ3v) is 7.63. The second kappa shape index (κ2) is 11.4. The van der Waals surface area contributed by atoms with Crippen LogP contribution in [0.15, 0.2) is 48.5 Å². The molecule has 4 rings (SSSR count). The van der Waals surface area contributed by atoms with Crippen molar-refractivity contribution in [3.05, 3.63) is 75.2 Å². The second-order valence-corrected chi connectivity index (χ2v) is 10.1. The summed E-state index contributed by atoms with van der Waals surface area (Å²) < 4.78 is 5.54. The van der Waals surface area contributed by atoms with Gasteiger partial charge in [0, 0.05) is 18.2 Å². The fourth-order valence-corrected chi connectivity index (χ4v) is 5.50.